The van der Waals surface area contributed by atoms with Crippen molar-refractivity contribution < 1.29 is 4.92 Å². The molecular formula is C6H7N3O3. The lowest BCUT2D eigenvalue weighted by Gasteiger charge is -1.94. The predicted octanol–water partition coefficient (Wildman–Crippen LogP) is -0.258. The van der Waals surface area contributed by atoms with E-state index >= 15 is 0 Å². The van der Waals surface area contributed by atoms with Crippen LogP contribution in [-0.2, 0) is 6.54 Å². The molecule has 6 heteroatoms. The molecule has 0 aliphatic carbocycles. The van der Waals surface area contributed by atoms with Crippen LogP contribution in [0.5, 0.6) is 0 Å². The molecule has 1 aromatic heterocycles. The molecule has 6 nitrogen and oxygen atoms in total. The van der Waals surface area contributed by atoms with E-state index in [0.29, 0.717) is 5.69 Å². The standard InChI is InChI=1S/C6H7N3O3/c7-3-4-1-5(9(11)12)2-6(10)8-4/h1-2H,3,7H2,(H,8,10). The Morgan fingerprint density at radius 1 is 1.58 bits per heavy atom. The Bertz CT molecular complexity index is 357. The van der Waals surface area contributed by atoms with Gasteiger partial charge in [-0.05, 0) is 0 Å². The summed E-state index contributed by atoms with van der Waals surface area (Å²) in [4.78, 5) is 22.7. The molecule has 0 aromatic carbocycles. The van der Waals surface area contributed by atoms with Gasteiger partial charge in [0.1, 0.15) is 0 Å². The van der Waals surface area contributed by atoms with Crippen molar-refractivity contribution in [3.8, 4) is 0 Å². The summed E-state index contributed by atoms with van der Waals surface area (Å²) >= 11 is 0. The zero-order valence-electron chi connectivity index (χ0n) is 6.11. The highest BCUT2D eigenvalue weighted by molar-refractivity contribution is 5.29. The van der Waals surface area contributed by atoms with Crippen LogP contribution in [0, 0.1) is 10.1 Å². The van der Waals surface area contributed by atoms with Gasteiger partial charge in [-0.1, -0.05) is 0 Å². The van der Waals surface area contributed by atoms with Crippen LogP contribution < -0.4 is 11.3 Å². The molecule has 0 fully saturated rings. The Labute approximate surface area is 67.2 Å². The first kappa shape index (κ1) is 8.41. The molecule has 0 bridgehead atoms. The van der Waals surface area contributed by atoms with E-state index in [-0.39, 0.29) is 12.2 Å². The molecule has 0 aliphatic heterocycles. The summed E-state index contributed by atoms with van der Waals surface area (Å²) in [5, 5.41) is 10.2. The first-order valence-electron chi connectivity index (χ1n) is 3.21. The molecular weight excluding hydrogens is 162 g/mol. The smallest absolute Gasteiger partial charge is 0.276 e. The van der Waals surface area contributed by atoms with E-state index in [1.165, 1.54) is 6.07 Å². The van der Waals surface area contributed by atoms with Crippen LogP contribution >= 0.6 is 0 Å². The number of aromatic nitrogens is 1. The Morgan fingerprint density at radius 3 is 2.75 bits per heavy atom. The van der Waals surface area contributed by atoms with Gasteiger partial charge in [0.25, 0.3) is 11.2 Å². The van der Waals surface area contributed by atoms with Crippen molar-refractivity contribution in [2.75, 3.05) is 0 Å². The maximum absolute atomic E-state index is 10.8. The molecule has 0 amide bonds. The molecule has 0 aliphatic rings. The van der Waals surface area contributed by atoms with Gasteiger partial charge in [-0.2, -0.15) is 0 Å². The van der Waals surface area contributed by atoms with Gasteiger partial charge in [-0.25, -0.2) is 0 Å². The predicted molar refractivity (Wildman–Crippen MR) is 41.6 cm³/mol. The van der Waals surface area contributed by atoms with Crippen molar-refractivity contribution in [2.24, 2.45) is 5.73 Å². The van der Waals surface area contributed by atoms with Crippen LogP contribution in [0.3, 0.4) is 0 Å². The van der Waals surface area contributed by atoms with Crippen LogP contribution in [0.2, 0.25) is 0 Å². The average Bonchev–Trinajstić information content (AvgIpc) is 2.03. The number of pyridine rings is 1. The molecule has 64 valence electrons. The van der Waals surface area contributed by atoms with E-state index in [2.05, 4.69) is 4.98 Å². The summed E-state index contributed by atoms with van der Waals surface area (Å²) in [5.74, 6) is 0. The lowest BCUT2D eigenvalue weighted by Crippen LogP contribution is -2.11. The number of nitrogens with two attached hydrogens (primary N) is 1. The first-order valence-corrected chi connectivity index (χ1v) is 3.21. The fourth-order valence-corrected chi connectivity index (χ4v) is 0.800. The second-order valence-corrected chi connectivity index (χ2v) is 2.19. The van der Waals surface area contributed by atoms with Gasteiger partial charge in [0.2, 0.25) is 0 Å². The molecule has 0 atom stereocenters. The zero-order valence-corrected chi connectivity index (χ0v) is 6.11. The molecule has 0 radical (unpaired) electrons. The molecule has 12 heavy (non-hydrogen) atoms. The van der Waals surface area contributed by atoms with Crippen molar-refractivity contribution in [2.45, 2.75) is 6.54 Å². The molecule has 1 aromatic rings. The number of nitrogens with one attached hydrogen (secondary N) is 1. The molecule has 0 saturated heterocycles. The van der Waals surface area contributed by atoms with Crippen LogP contribution in [0.15, 0.2) is 16.9 Å². The number of hydrogen-bond donors (Lipinski definition) is 2. The third-order valence-corrected chi connectivity index (χ3v) is 1.32. The van der Waals surface area contributed by atoms with E-state index in [1.54, 1.807) is 0 Å². The van der Waals surface area contributed by atoms with Gasteiger partial charge in [0, 0.05) is 18.3 Å². The molecule has 0 spiro atoms. The maximum Gasteiger partial charge on any atom is 0.276 e. The highest BCUT2D eigenvalue weighted by atomic mass is 16.6. The summed E-state index contributed by atoms with van der Waals surface area (Å²) in [6, 6.07) is 2.15. The van der Waals surface area contributed by atoms with Crippen LogP contribution in [0.4, 0.5) is 5.69 Å². The van der Waals surface area contributed by atoms with E-state index in [9.17, 15) is 14.9 Å². The van der Waals surface area contributed by atoms with Gasteiger partial charge >= 0.3 is 0 Å². The SMILES string of the molecule is NCc1cc([N+](=O)[O-])cc(=O)[nH]1. The minimum absolute atomic E-state index is 0.0803. The van der Waals surface area contributed by atoms with Crippen LogP contribution in [-0.4, -0.2) is 9.91 Å². The second-order valence-electron chi connectivity index (χ2n) is 2.19. The highest BCUT2D eigenvalue weighted by Crippen LogP contribution is 2.06. The average molecular weight is 169 g/mol. The van der Waals surface area contributed by atoms with Gasteiger partial charge in [-0.15, -0.1) is 0 Å². The Hall–Kier alpha value is -1.69. The normalized spacial score (nSPS) is 9.75. The highest BCUT2D eigenvalue weighted by Gasteiger charge is 2.06. The minimum atomic E-state index is -0.631. The lowest BCUT2D eigenvalue weighted by atomic mass is 10.3. The summed E-state index contributed by atoms with van der Waals surface area (Å²) in [6.07, 6.45) is 0. The quantitative estimate of drug-likeness (QED) is 0.470. The fourth-order valence-electron chi connectivity index (χ4n) is 0.800. The van der Waals surface area contributed by atoms with Gasteiger partial charge in [0.05, 0.1) is 11.0 Å². The summed E-state index contributed by atoms with van der Waals surface area (Å²) in [7, 11) is 0. The first-order chi connectivity index (χ1) is 5.63. The zero-order chi connectivity index (χ0) is 9.14. The monoisotopic (exact) mass is 169 g/mol. The van der Waals surface area contributed by atoms with E-state index in [4.69, 9.17) is 5.73 Å². The summed E-state index contributed by atoms with van der Waals surface area (Å²) in [5.41, 5.74) is 4.80. The third-order valence-electron chi connectivity index (χ3n) is 1.32. The third kappa shape index (κ3) is 1.67. The van der Waals surface area contributed by atoms with Gasteiger partial charge in [-0.3, -0.25) is 14.9 Å². The lowest BCUT2D eigenvalue weighted by molar-refractivity contribution is -0.385. The molecule has 1 heterocycles. The van der Waals surface area contributed by atoms with Crippen molar-refractivity contribution >= 4 is 5.69 Å². The molecule has 0 saturated carbocycles. The minimum Gasteiger partial charge on any atom is -0.325 e. The molecule has 1 rings (SSSR count). The number of hydrogen-bond acceptors (Lipinski definition) is 4. The number of aromatic amines is 1. The summed E-state index contributed by atoms with van der Waals surface area (Å²) in [6.45, 7) is 0.0803. The van der Waals surface area contributed by atoms with E-state index in [1.807, 2.05) is 0 Å². The van der Waals surface area contributed by atoms with E-state index in [0.717, 1.165) is 6.07 Å². The maximum atomic E-state index is 10.8. The number of nitrogens with zero attached hydrogens (tertiary/aromatic N) is 1. The largest absolute Gasteiger partial charge is 0.325 e. The Balaban J connectivity index is 3.24. The van der Waals surface area contributed by atoms with Crippen LogP contribution in [0.25, 0.3) is 0 Å². The Morgan fingerprint density at radius 2 is 2.25 bits per heavy atom. The Kier molecular flexibility index (Phi) is 2.20. The number of nitro groups is 1. The molecule has 0 unspecified atom stereocenters. The van der Waals surface area contributed by atoms with Crippen molar-refractivity contribution in [1.82, 2.24) is 4.98 Å². The fraction of sp³-hybridized carbons (Fsp3) is 0.167. The topological polar surface area (TPSA) is 102 Å². The van der Waals surface area contributed by atoms with Crippen molar-refractivity contribution in [1.29, 1.82) is 0 Å². The molecule has 3 N–H and O–H groups in total. The summed E-state index contributed by atoms with van der Waals surface area (Å²) < 4.78 is 0. The van der Waals surface area contributed by atoms with Gasteiger partial charge < -0.3 is 10.7 Å². The number of H-pyrrole nitrogens is 1. The second kappa shape index (κ2) is 3.14. The van der Waals surface area contributed by atoms with Crippen molar-refractivity contribution in [3.63, 3.8) is 0 Å². The van der Waals surface area contributed by atoms with Gasteiger partial charge in [0.15, 0.2) is 0 Å². The van der Waals surface area contributed by atoms with Crippen LogP contribution in [0.1, 0.15) is 5.69 Å². The number of rotatable bonds is 2. The van der Waals surface area contributed by atoms with E-state index < -0.39 is 10.5 Å². The van der Waals surface area contributed by atoms with Crippen molar-refractivity contribution in [3.05, 3.63) is 38.3 Å².